The van der Waals surface area contributed by atoms with E-state index in [0.29, 0.717) is 22.3 Å². The molecule has 2 heterocycles. The van der Waals surface area contributed by atoms with Crippen molar-refractivity contribution in [1.82, 2.24) is 9.55 Å². The van der Waals surface area contributed by atoms with E-state index in [1.54, 1.807) is 6.92 Å². The molecule has 0 saturated heterocycles. The summed E-state index contributed by atoms with van der Waals surface area (Å²) in [5, 5.41) is 3.23. The fourth-order valence-electron chi connectivity index (χ4n) is 2.29. The summed E-state index contributed by atoms with van der Waals surface area (Å²) in [6.45, 7) is 5.93. The molecule has 2 aromatic heterocycles. The summed E-state index contributed by atoms with van der Waals surface area (Å²) in [5.74, 6) is -0.264. The van der Waals surface area contributed by atoms with Crippen LogP contribution in [-0.2, 0) is 9.53 Å². The Morgan fingerprint density at radius 2 is 2.00 bits per heavy atom. The molecule has 23 heavy (non-hydrogen) atoms. The van der Waals surface area contributed by atoms with Gasteiger partial charge in [0.15, 0.2) is 10.8 Å². The van der Waals surface area contributed by atoms with Gasteiger partial charge in [0.1, 0.15) is 6.04 Å². The Balaban J connectivity index is 2.17. The van der Waals surface area contributed by atoms with Crippen LogP contribution in [-0.4, -0.2) is 28.5 Å². The Morgan fingerprint density at radius 3 is 2.57 bits per heavy atom. The molecule has 2 aromatic rings. The highest BCUT2D eigenvalue weighted by molar-refractivity contribution is 7.16. The number of hydrogen-bond acceptors (Lipinski definition) is 5. The molecule has 0 unspecified atom stereocenters. The van der Waals surface area contributed by atoms with Crippen LogP contribution < -0.4 is 5.32 Å². The van der Waals surface area contributed by atoms with Gasteiger partial charge in [-0.2, -0.15) is 0 Å². The predicted molar refractivity (Wildman–Crippen MR) is 89.7 cm³/mol. The summed E-state index contributed by atoms with van der Waals surface area (Å²) >= 11 is 1.27. The maximum atomic E-state index is 12.6. The first kappa shape index (κ1) is 17.2. The molecular weight excluding hydrogens is 314 g/mol. The number of amides is 1. The minimum absolute atomic E-state index is 0.139. The van der Waals surface area contributed by atoms with Crippen LogP contribution in [0.2, 0.25) is 0 Å². The number of carbonyl (C=O) groups excluding carboxylic acids is 2. The Labute approximate surface area is 139 Å². The lowest BCUT2D eigenvalue weighted by Gasteiger charge is -2.19. The number of carbonyl (C=O) groups is 2. The van der Waals surface area contributed by atoms with E-state index in [2.05, 4.69) is 28.9 Å². The third-order valence-corrected chi connectivity index (χ3v) is 4.28. The molecule has 6 nitrogen and oxygen atoms in total. The summed E-state index contributed by atoms with van der Waals surface area (Å²) in [4.78, 5) is 29.1. The minimum Gasteiger partial charge on any atom is -0.464 e. The van der Waals surface area contributed by atoms with Crippen molar-refractivity contribution in [2.24, 2.45) is 5.92 Å². The van der Waals surface area contributed by atoms with Gasteiger partial charge in [-0.15, -0.1) is 11.3 Å². The maximum absolute atomic E-state index is 12.6. The van der Waals surface area contributed by atoms with E-state index in [1.807, 2.05) is 29.1 Å². The third-order valence-electron chi connectivity index (χ3n) is 3.39. The monoisotopic (exact) mass is 335 g/mol. The van der Waals surface area contributed by atoms with Gasteiger partial charge in [-0.05, 0) is 31.4 Å². The number of esters is 1. The number of nitrogens with one attached hydrogen (secondary N) is 1. The van der Waals surface area contributed by atoms with Crippen LogP contribution in [0.15, 0.2) is 24.5 Å². The molecule has 0 bridgehead atoms. The van der Waals surface area contributed by atoms with Gasteiger partial charge in [0.2, 0.25) is 5.91 Å². The standard InChI is InChI=1S/C16H21N3O3S/c1-10(2)9-12(19-7-5-6-8-19)14(20)18-16-17-13(11(3)23-16)15(21)22-4/h5-8,10,12H,9H2,1-4H3,(H,17,18,20)/t12-/m1/s1. The SMILES string of the molecule is COC(=O)c1nc(NC(=O)[C@@H](CC(C)C)n2cccc2)sc1C. The molecule has 0 aliphatic carbocycles. The fraction of sp³-hybridized carbons (Fsp3) is 0.438. The smallest absolute Gasteiger partial charge is 0.357 e. The zero-order chi connectivity index (χ0) is 17.0. The maximum Gasteiger partial charge on any atom is 0.357 e. The second-order valence-electron chi connectivity index (χ2n) is 5.68. The van der Waals surface area contributed by atoms with Crippen molar-refractivity contribution in [1.29, 1.82) is 0 Å². The molecule has 124 valence electrons. The molecule has 0 aliphatic rings. The summed E-state index contributed by atoms with van der Waals surface area (Å²) < 4.78 is 6.57. The normalized spacial score (nSPS) is 12.2. The number of methoxy groups -OCH3 is 1. The Morgan fingerprint density at radius 1 is 1.35 bits per heavy atom. The molecule has 1 amide bonds. The molecule has 7 heteroatoms. The van der Waals surface area contributed by atoms with Crippen LogP contribution in [0.1, 0.15) is 41.7 Å². The largest absolute Gasteiger partial charge is 0.464 e. The molecule has 1 atom stereocenters. The molecule has 0 aliphatic heterocycles. The Bertz CT molecular complexity index is 677. The van der Waals surface area contributed by atoms with Crippen molar-refractivity contribution in [3.8, 4) is 0 Å². The van der Waals surface area contributed by atoms with Crippen LogP contribution in [0, 0.1) is 12.8 Å². The van der Waals surface area contributed by atoms with Crippen molar-refractivity contribution < 1.29 is 14.3 Å². The van der Waals surface area contributed by atoms with Gasteiger partial charge in [0, 0.05) is 17.3 Å². The Kier molecular flexibility index (Phi) is 5.54. The van der Waals surface area contributed by atoms with Gasteiger partial charge in [-0.25, -0.2) is 9.78 Å². The average Bonchev–Trinajstić information content (AvgIpc) is 3.13. The van der Waals surface area contributed by atoms with E-state index in [4.69, 9.17) is 0 Å². The van der Waals surface area contributed by atoms with E-state index in [-0.39, 0.29) is 17.6 Å². The third kappa shape index (κ3) is 4.19. The summed E-state index contributed by atoms with van der Waals surface area (Å²) in [7, 11) is 1.31. The van der Waals surface area contributed by atoms with E-state index >= 15 is 0 Å². The summed E-state index contributed by atoms with van der Waals surface area (Å²) in [5.41, 5.74) is 0.245. The van der Waals surface area contributed by atoms with Crippen molar-refractivity contribution in [2.75, 3.05) is 12.4 Å². The zero-order valence-corrected chi connectivity index (χ0v) is 14.5. The summed E-state index contributed by atoms with van der Waals surface area (Å²) in [6.07, 6.45) is 4.47. The number of nitrogens with zero attached hydrogens (tertiary/aromatic N) is 2. The molecular formula is C16H21N3O3S. The van der Waals surface area contributed by atoms with Crippen molar-refractivity contribution >= 4 is 28.3 Å². The highest BCUT2D eigenvalue weighted by atomic mass is 32.1. The van der Waals surface area contributed by atoms with Crippen LogP contribution in [0.25, 0.3) is 0 Å². The van der Waals surface area contributed by atoms with Crippen molar-refractivity contribution in [2.45, 2.75) is 33.2 Å². The van der Waals surface area contributed by atoms with Crippen molar-refractivity contribution in [3.05, 3.63) is 35.1 Å². The lowest BCUT2D eigenvalue weighted by Crippen LogP contribution is -2.26. The number of aromatic nitrogens is 2. The van der Waals surface area contributed by atoms with Gasteiger partial charge in [0.25, 0.3) is 0 Å². The molecule has 1 N–H and O–H groups in total. The number of ether oxygens (including phenoxy) is 1. The molecule has 2 rings (SSSR count). The van der Waals surface area contributed by atoms with Gasteiger partial charge in [0.05, 0.1) is 7.11 Å². The van der Waals surface area contributed by atoms with Crippen LogP contribution >= 0.6 is 11.3 Å². The first-order valence-electron chi connectivity index (χ1n) is 7.41. The van der Waals surface area contributed by atoms with Gasteiger partial charge >= 0.3 is 5.97 Å². The lowest BCUT2D eigenvalue weighted by molar-refractivity contribution is -0.119. The number of rotatable bonds is 6. The number of thiazole rings is 1. The van der Waals surface area contributed by atoms with E-state index in [1.165, 1.54) is 18.4 Å². The highest BCUT2D eigenvalue weighted by Gasteiger charge is 2.23. The summed E-state index contributed by atoms with van der Waals surface area (Å²) in [6, 6.07) is 3.48. The van der Waals surface area contributed by atoms with Crippen LogP contribution in [0.4, 0.5) is 5.13 Å². The minimum atomic E-state index is -0.497. The van der Waals surface area contributed by atoms with Crippen molar-refractivity contribution in [3.63, 3.8) is 0 Å². The molecule has 0 fully saturated rings. The second-order valence-corrected chi connectivity index (χ2v) is 6.88. The zero-order valence-electron chi connectivity index (χ0n) is 13.7. The number of hydrogen-bond donors (Lipinski definition) is 1. The number of anilines is 1. The first-order chi connectivity index (χ1) is 10.9. The average molecular weight is 335 g/mol. The van der Waals surface area contributed by atoms with Crippen LogP contribution in [0.3, 0.4) is 0 Å². The predicted octanol–water partition coefficient (Wildman–Crippen LogP) is 3.27. The molecule has 0 saturated carbocycles. The second kappa shape index (κ2) is 7.41. The molecule has 0 radical (unpaired) electrons. The fourth-order valence-corrected chi connectivity index (χ4v) is 3.10. The van der Waals surface area contributed by atoms with Crippen LogP contribution in [0.5, 0.6) is 0 Å². The van der Waals surface area contributed by atoms with E-state index in [9.17, 15) is 9.59 Å². The quantitative estimate of drug-likeness (QED) is 0.822. The number of aryl methyl sites for hydroxylation is 1. The van der Waals surface area contributed by atoms with Gasteiger partial charge < -0.3 is 14.6 Å². The molecule has 0 aromatic carbocycles. The lowest BCUT2D eigenvalue weighted by atomic mass is 10.0. The van der Waals surface area contributed by atoms with E-state index in [0.717, 1.165) is 0 Å². The topological polar surface area (TPSA) is 73.2 Å². The molecule has 0 spiro atoms. The van der Waals surface area contributed by atoms with Gasteiger partial charge in [-0.3, -0.25) is 4.79 Å². The highest BCUT2D eigenvalue weighted by Crippen LogP contribution is 2.25. The van der Waals surface area contributed by atoms with E-state index < -0.39 is 5.97 Å². The first-order valence-corrected chi connectivity index (χ1v) is 8.23. The van der Waals surface area contributed by atoms with Gasteiger partial charge in [-0.1, -0.05) is 13.8 Å². The Hall–Kier alpha value is -2.15.